The number of aliphatic hydroxyl groups is 3. The summed E-state index contributed by atoms with van der Waals surface area (Å²) in [7, 11) is -9.61. The van der Waals surface area contributed by atoms with E-state index in [-0.39, 0.29) is 12.8 Å². The molecule has 0 heterocycles. The Morgan fingerprint density at radius 3 is 1.15 bits per heavy atom. The molecular weight excluding hydrogens is 890 g/mol. The zero-order valence-electron chi connectivity index (χ0n) is 39.0. The van der Waals surface area contributed by atoms with E-state index in [2.05, 4.69) is 111 Å². The second kappa shape index (κ2) is 44.0. The largest absolute Gasteiger partial charge is 0.472 e. The summed E-state index contributed by atoms with van der Waals surface area (Å²) in [4.78, 5) is 43.7. The Morgan fingerprint density at radius 2 is 0.727 bits per heavy atom. The van der Waals surface area contributed by atoms with Crippen LogP contribution >= 0.6 is 15.6 Å². The monoisotopic (exact) mass is 968 g/mol. The van der Waals surface area contributed by atoms with E-state index in [1.807, 2.05) is 42.5 Å². The zero-order chi connectivity index (χ0) is 48.8. The zero-order valence-corrected chi connectivity index (χ0v) is 40.8. The van der Waals surface area contributed by atoms with Gasteiger partial charge in [-0.25, -0.2) is 9.13 Å². The topological polar surface area (TPSA) is 225 Å². The molecule has 5 unspecified atom stereocenters. The summed E-state index contributed by atoms with van der Waals surface area (Å²) in [6.07, 6.45) is 49.2. The minimum absolute atomic E-state index is 0.133. The number of phosphoric ester groups is 2. The van der Waals surface area contributed by atoms with Crippen LogP contribution in [0, 0.1) is 0 Å². The van der Waals surface area contributed by atoms with Crippen molar-refractivity contribution in [3.05, 3.63) is 122 Å². The van der Waals surface area contributed by atoms with Crippen molar-refractivity contribution in [1.82, 2.24) is 0 Å². The lowest BCUT2D eigenvalue weighted by atomic mass is 10.1. The molecular formula is C49H78O15P2. The SMILES string of the molecule is CC/C=C\C/C=C\C/C=C\C/C=C\C/C=C\C/C=C\CCCCC(=O)OCC(O)COP(=O)(O)OCC(O)COP(=O)(O)OCC(O)COC(=O)CCCCC\C=C/C=C\C=C\C=C\CC. The Kier molecular flexibility index (Phi) is 41.6. The number of unbranched alkanes of at least 4 members (excludes halogenated alkanes) is 5. The van der Waals surface area contributed by atoms with Gasteiger partial charge < -0.3 is 34.6 Å². The highest BCUT2D eigenvalue weighted by atomic mass is 31.2. The van der Waals surface area contributed by atoms with E-state index in [1.54, 1.807) is 0 Å². The molecule has 0 aliphatic rings. The summed E-state index contributed by atoms with van der Waals surface area (Å²) < 4.78 is 52.8. The molecule has 5 atom stereocenters. The number of carbonyl (C=O) groups excluding carboxylic acids is 2. The minimum atomic E-state index is -4.81. The van der Waals surface area contributed by atoms with Gasteiger partial charge in [0.05, 0.1) is 26.4 Å². The van der Waals surface area contributed by atoms with Gasteiger partial charge in [0, 0.05) is 12.8 Å². The fourth-order valence-corrected chi connectivity index (χ4v) is 6.58. The third-order valence-corrected chi connectivity index (χ3v) is 10.4. The smallest absolute Gasteiger partial charge is 0.463 e. The number of hydrogen-bond acceptors (Lipinski definition) is 13. The van der Waals surface area contributed by atoms with Crippen molar-refractivity contribution in [3.8, 4) is 0 Å². The first kappa shape index (κ1) is 62.4. The molecule has 0 saturated heterocycles. The third-order valence-electron chi connectivity index (χ3n) is 8.51. The van der Waals surface area contributed by atoms with Gasteiger partial charge in [0.1, 0.15) is 31.5 Å². The van der Waals surface area contributed by atoms with Crippen molar-refractivity contribution in [3.63, 3.8) is 0 Å². The molecule has 0 aliphatic carbocycles. The Morgan fingerprint density at radius 1 is 0.409 bits per heavy atom. The quantitative estimate of drug-likeness (QED) is 0.0126. The van der Waals surface area contributed by atoms with Crippen molar-refractivity contribution in [2.45, 2.75) is 135 Å². The highest BCUT2D eigenvalue weighted by molar-refractivity contribution is 7.47. The highest BCUT2D eigenvalue weighted by Crippen LogP contribution is 2.45. The van der Waals surface area contributed by atoms with Crippen LogP contribution in [-0.4, -0.2) is 95.0 Å². The normalized spacial score (nSPS) is 16.2. The number of rotatable bonds is 42. The van der Waals surface area contributed by atoms with Gasteiger partial charge in [0.2, 0.25) is 0 Å². The summed E-state index contributed by atoms with van der Waals surface area (Å²) >= 11 is 0. The summed E-state index contributed by atoms with van der Waals surface area (Å²) in [6.45, 7) is 0.00845. The first-order valence-electron chi connectivity index (χ1n) is 22.9. The third kappa shape index (κ3) is 45.6. The first-order chi connectivity index (χ1) is 31.8. The first-order valence-corrected chi connectivity index (χ1v) is 25.9. The average molecular weight is 969 g/mol. The minimum Gasteiger partial charge on any atom is -0.463 e. The Hall–Kier alpha value is -3.56. The summed E-state index contributed by atoms with van der Waals surface area (Å²) in [5, 5.41) is 30.0. The van der Waals surface area contributed by atoms with Crippen LogP contribution in [0.25, 0.3) is 0 Å². The molecule has 0 radical (unpaired) electrons. The molecule has 66 heavy (non-hydrogen) atoms. The molecule has 15 nitrogen and oxygen atoms in total. The molecule has 0 spiro atoms. The summed E-state index contributed by atoms with van der Waals surface area (Å²) in [6, 6.07) is 0. The summed E-state index contributed by atoms with van der Waals surface area (Å²) in [5.74, 6) is -1.09. The van der Waals surface area contributed by atoms with Gasteiger partial charge in [0.25, 0.3) is 0 Å². The predicted molar refractivity (Wildman–Crippen MR) is 260 cm³/mol. The number of hydrogen-bond donors (Lipinski definition) is 5. The van der Waals surface area contributed by atoms with Crippen LogP contribution in [-0.2, 0) is 46.3 Å². The van der Waals surface area contributed by atoms with Crippen molar-refractivity contribution in [1.29, 1.82) is 0 Å². The van der Waals surface area contributed by atoms with Crippen molar-refractivity contribution < 1.29 is 71.4 Å². The van der Waals surface area contributed by atoms with Crippen LogP contribution in [0.1, 0.15) is 117 Å². The fourth-order valence-electron chi connectivity index (χ4n) is 4.99. The fraction of sp³-hybridized carbons (Fsp3) is 0.551. The van der Waals surface area contributed by atoms with E-state index in [0.717, 1.165) is 77.0 Å². The second-order valence-corrected chi connectivity index (χ2v) is 17.6. The molecule has 0 aromatic heterocycles. The molecule has 374 valence electrons. The van der Waals surface area contributed by atoms with Crippen LogP contribution in [0.4, 0.5) is 0 Å². The van der Waals surface area contributed by atoms with Crippen LogP contribution in [0.15, 0.2) is 122 Å². The van der Waals surface area contributed by atoms with E-state index in [0.29, 0.717) is 12.8 Å². The van der Waals surface area contributed by atoms with Gasteiger partial charge in [0.15, 0.2) is 0 Å². The van der Waals surface area contributed by atoms with Crippen LogP contribution in [0.2, 0.25) is 0 Å². The number of ether oxygens (including phenoxy) is 2. The average Bonchev–Trinajstić information content (AvgIpc) is 3.29. The lowest BCUT2D eigenvalue weighted by Gasteiger charge is -2.19. The number of aliphatic hydroxyl groups excluding tert-OH is 3. The van der Waals surface area contributed by atoms with E-state index >= 15 is 0 Å². The number of allylic oxidation sites excluding steroid dienone is 20. The van der Waals surface area contributed by atoms with Crippen molar-refractivity contribution >= 4 is 27.6 Å². The van der Waals surface area contributed by atoms with E-state index in [4.69, 9.17) is 9.47 Å². The maximum Gasteiger partial charge on any atom is 0.472 e. The number of carbonyl (C=O) groups is 2. The van der Waals surface area contributed by atoms with E-state index < -0.39 is 85.5 Å². The van der Waals surface area contributed by atoms with Crippen LogP contribution < -0.4 is 0 Å². The lowest BCUT2D eigenvalue weighted by Crippen LogP contribution is -2.25. The number of esters is 2. The van der Waals surface area contributed by atoms with Crippen LogP contribution in [0.5, 0.6) is 0 Å². The molecule has 0 aliphatic heterocycles. The lowest BCUT2D eigenvalue weighted by molar-refractivity contribution is -0.148. The van der Waals surface area contributed by atoms with Gasteiger partial charge in [-0.1, -0.05) is 142 Å². The summed E-state index contributed by atoms with van der Waals surface area (Å²) in [5.41, 5.74) is 0. The van der Waals surface area contributed by atoms with Gasteiger partial charge in [-0.15, -0.1) is 0 Å². The van der Waals surface area contributed by atoms with Gasteiger partial charge in [-0.3, -0.25) is 27.7 Å². The van der Waals surface area contributed by atoms with Crippen LogP contribution in [0.3, 0.4) is 0 Å². The second-order valence-electron chi connectivity index (χ2n) is 14.7. The predicted octanol–water partition coefficient (Wildman–Crippen LogP) is 10.3. The Bertz CT molecular complexity index is 1640. The van der Waals surface area contributed by atoms with E-state index in [1.165, 1.54) is 0 Å². The van der Waals surface area contributed by atoms with E-state index in [9.17, 15) is 43.8 Å². The molecule has 0 bridgehead atoms. The number of phosphoric acid groups is 2. The Labute approximate surface area is 393 Å². The van der Waals surface area contributed by atoms with Crippen molar-refractivity contribution in [2.24, 2.45) is 0 Å². The molecule has 0 aromatic rings. The maximum atomic E-state index is 12.2. The van der Waals surface area contributed by atoms with Crippen molar-refractivity contribution in [2.75, 3.05) is 39.6 Å². The molecule has 5 N–H and O–H groups in total. The maximum absolute atomic E-state index is 12.2. The van der Waals surface area contributed by atoms with Gasteiger partial charge in [-0.05, 0) is 83.5 Å². The standard InChI is InChI=1S/C49H78O15P2/c1-3-5-7-9-11-13-15-17-18-19-20-21-22-23-24-26-28-30-32-34-36-38-49(54)60-40-46(51)42-62-66(57,58)64-44-47(52)43-63-65(55,56)61-41-45(50)39-59-48(53)37-35-33-31-29-27-25-16-14-12-10-8-6-4-2/h5-8,10-14,16-18,20-21,23-25,27-28,30,45-47,50-52H,3-4,9,15,19,22,26,29,31-44H2,1-2H3,(H,55,56)(H,57,58)/b7-5-,8-6+,12-10+,13-11-,16-14-,18-17-,21-20-,24-23-,27-25-,30-28-. The molecule has 17 heteroatoms. The molecule has 0 fully saturated rings. The molecule has 0 aromatic carbocycles. The van der Waals surface area contributed by atoms with Gasteiger partial charge in [-0.2, -0.15) is 0 Å². The highest BCUT2D eigenvalue weighted by Gasteiger charge is 2.28. The Balaban J connectivity index is 4.01. The molecule has 0 saturated carbocycles. The molecule has 0 rings (SSSR count). The molecule has 0 amide bonds. The van der Waals surface area contributed by atoms with Gasteiger partial charge >= 0.3 is 27.6 Å².